The fraction of sp³-hybridized carbons (Fsp3) is 0.176. The van der Waals surface area contributed by atoms with E-state index >= 15 is 0 Å². The van der Waals surface area contributed by atoms with Crippen molar-refractivity contribution in [2.45, 2.75) is 17.1 Å². The Morgan fingerprint density at radius 3 is 2.79 bits per heavy atom. The number of nitrogens with zero attached hydrogens (tertiary/aromatic N) is 2. The molecule has 1 aromatic heterocycles. The van der Waals surface area contributed by atoms with Crippen molar-refractivity contribution in [3.63, 3.8) is 0 Å². The fourth-order valence-corrected chi connectivity index (χ4v) is 4.49. The van der Waals surface area contributed by atoms with Crippen molar-refractivity contribution in [2.75, 3.05) is 7.11 Å². The maximum Gasteiger partial charge on any atom is 0.186 e. The molecule has 1 aliphatic rings. The molecule has 0 saturated carbocycles. The average Bonchev–Trinajstić information content (AvgIpc) is 3.09. The first kappa shape index (κ1) is 16.9. The topological polar surface area (TPSA) is 68.6 Å². The Hall–Kier alpha value is -1.99. The van der Waals surface area contributed by atoms with Crippen LogP contribution in [-0.2, 0) is 15.6 Å². The highest BCUT2D eigenvalue weighted by Gasteiger charge is 2.21. The minimum absolute atomic E-state index is 0.155. The lowest BCUT2D eigenvalue weighted by atomic mass is 10.1. The van der Waals surface area contributed by atoms with Gasteiger partial charge in [0.2, 0.25) is 0 Å². The fourth-order valence-electron chi connectivity index (χ4n) is 2.46. The van der Waals surface area contributed by atoms with Gasteiger partial charge in [-0.2, -0.15) is 0 Å². The maximum absolute atomic E-state index is 12.8. The highest BCUT2D eigenvalue weighted by molar-refractivity contribution is 9.10. The van der Waals surface area contributed by atoms with Crippen LogP contribution in [0.4, 0.5) is 0 Å². The van der Waals surface area contributed by atoms with Gasteiger partial charge in [-0.05, 0) is 29.8 Å². The molecule has 0 atom stereocenters. The van der Waals surface area contributed by atoms with E-state index < -0.39 is 9.84 Å². The first-order valence-electron chi connectivity index (χ1n) is 7.23. The predicted molar refractivity (Wildman–Crippen MR) is 96.9 cm³/mol. The van der Waals surface area contributed by atoms with Crippen LogP contribution in [0.25, 0.3) is 5.70 Å². The van der Waals surface area contributed by atoms with Crippen LogP contribution >= 0.6 is 15.9 Å². The van der Waals surface area contributed by atoms with Crippen LogP contribution in [0.2, 0.25) is 0 Å². The summed E-state index contributed by atoms with van der Waals surface area (Å²) in [5.41, 5.74) is 2.25. The minimum Gasteiger partial charge on any atom is -0.495 e. The van der Waals surface area contributed by atoms with E-state index in [1.807, 2.05) is 18.4 Å². The van der Waals surface area contributed by atoms with Gasteiger partial charge in [-0.25, -0.2) is 8.42 Å². The van der Waals surface area contributed by atoms with Gasteiger partial charge in [-0.1, -0.05) is 22.0 Å². The van der Waals surface area contributed by atoms with Gasteiger partial charge >= 0.3 is 0 Å². The minimum atomic E-state index is -3.57. The van der Waals surface area contributed by atoms with Crippen LogP contribution < -0.4 is 4.74 Å². The summed E-state index contributed by atoms with van der Waals surface area (Å²) in [7, 11) is -2.12. The number of pyridine rings is 1. The van der Waals surface area contributed by atoms with Crippen LogP contribution in [0.1, 0.15) is 17.5 Å². The number of benzene rings is 1. The summed E-state index contributed by atoms with van der Waals surface area (Å²) in [5, 5.41) is 0. The number of aromatic nitrogens is 1. The number of hydrogen-bond acceptors (Lipinski definition) is 5. The highest BCUT2D eigenvalue weighted by Crippen LogP contribution is 2.30. The van der Waals surface area contributed by atoms with E-state index in [1.165, 1.54) is 7.11 Å². The molecule has 124 valence electrons. The molecule has 24 heavy (non-hydrogen) atoms. The molecule has 0 spiro atoms. The molecule has 1 aromatic carbocycles. The molecule has 5 nitrogen and oxygen atoms in total. The average molecular weight is 407 g/mol. The van der Waals surface area contributed by atoms with E-state index in [0.29, 0.717) is 15.8 Å². The molecular formula is C17H15BrN2O3S. The van der Waals surface area contributed by atoms with Gasteiger partial charge in [-0.15, -0.1) is 0 Å². The number of halogens is 1. The molecule has 1 aliphatic heterocycles. The lowest BCUT2D eigenvalue weighted by molar-refractivity contribution is 0.402. The summed E-state index contributed by atoms with van der Waals surface area (Å²) in [6, 6.07) is 6.73. The number of methoxy groups -OCH3 is 1. The lowest BCUT2D eigenvalue weighted by Gasteiger charge is -2.10. The molecule has 0 fully saturated rings. The van der Waals surface area contributed by atoms with E-state index in [0.717, 1.165) is 17.7 Å². The van der Waals surface area contributed by atoms with Crippen molar-refractivity contribution in [2.24, 2.45) is 4.99 Å². The Bertz CT molecular complexity index is 937. The lowest BCUT2D eigenvalue weighted by Crippen LogP contribution is -2.07. The summed E-state index contributed by atoms with van der Waals surface area (Å²) >= 11 is 3.30. The summed E-state index contributed by atoms with van der Waals surface area (Å²) in [6.07, 6.45) is 7.82. The Balaban J connectivity index is 1.94. The van der Waals surface area contributed by atoms with Crippen LogP contribution in [0.15, 0.2) is 57.1 Å². The molecule has 0 amide bonds. The second-order valence-electron chi connectivity index (χ2n) is 5.27. The number of ether oxygens (including phenoxy) is 1. The molecule has 0 unspecified atom stereocenters. The van der Waals surface area contributed by atoms with E-state index in [1.54, 1.807) is 30.6 Å². The number of rotatable bonds is 5. The van der Waals surface area contributed by atoms with Crippen LogP contribution in [-0.4, -0.2) is 26.7 Å². The first-order valence-corrected chi connectivity index (χ1v) is 9.67. The first-order chi connectivity index (χ1) is 11.5. The quantitative estimate of drug-likeness (QED) is 0.759. The molecule has 0 saturated heterocycles. The Morgan fingerprint density at radius 1 is 1.25 bits per heavy atom. The van der Waals surface area contributed by atoms with Gasteiger partial charge in [-0.3, -0.25) is 9.98 Å². The Morgan fingerprint density at radius 2 is 2.08 bits per heavy atom. The molecule has 0 bridgehead atoms. The Kier molecular flexibility index (Phi) is 4.82. The summed E-state index contributed by atoms with van der Waals surface area (Å²) in [6.45, 7) is 0. The molecule has 0 aliphatic carbocycles. The predicted octanol–water partition coefficient (Wildman–Crippen LogP) is 3.64. The second kappa shape index (κ2) is 6.86. The van der Waals surface area contributed by atoms with E-state index in [2.05, 4.69) is 25.9 Å². The SMILES string of the molecule is COc1ccc(Br)cc1S(=O)(=O)Cc1cncc(C2=CCC=N2)c1. The number of sulfone groups is 1. The van der Waals surface area contributed by atoms with Crippen molar-refractivity contribution in [3.05, 3.63) is 58.3 Å². The number of aliphatic imine (C=N–C) groups is 1. The molecular weight excluding hydrogens is 392 g/mol. The van der Waals surface area contributed by atoms with Gasteiger partial charge in [0.05, 0.1) is 18.6 Å². The van der Waals surface area contributed by atoms with Crippen molar-refractivity contribution >= 4 is 37.7 Å². The number of allylic oxidation sites excluding steroid dienone is 1. The summed E-state index contributed by atoms with van der Waals surface area (Å²) in [5.74, 6) is 0.169. The van der Waals surface area contributed by atoms with Crippen LogP contribution in [0, 0.1) is 0 Å². The maximum atomic E-state index is 12.8. The standard InChI is InChI=1S/C17H15BrN2O3S/c1-23-16-5-4-14(18)8-17(16)24(21,22)11-12-7-13(10-19-9-12)15-3-2-6-20-15/h3-10H,2,11H2,1H3. The molecule has 0 N–H and O–H groups in total. The smallest absolute Gasteiger partial charge is 0.186 e. The molecule has 7 heteroatoms. The third-order valence-corrected chi connectivity index (χ3v) is 5.75. The van der Waals surface area contributed by atoms with Crippen molar-refractivity contribution < 1.29 is 13.2 Å². The van der Waals surface area contributed by atoms with E-state index in [9.17, 15) is 8.42 Å². The molecule has 2 heterocycles. The van der Waals surface area contributed by atoms with Gasteiger partial charge in [0.1, 0.15) is 10.6 Å². The largest absolute Gasteiger partial charge is 0.495 e. The zero-order valence-corrected chi connectivity index (χ0v) is 15.3. The van der Waals surface area contributed by atoms with Gasteiger partial charge in [0.15, 0.2) is 9.84 Å². The van der Waals surface area contributed by atoms with E-state index in [-0.39, 0.29) is 10.6 Å². The van der Waals surface area contributed by atoms with Gasteiger partial charge in [0, 0.05) is 35.1 Å². The third kappa shape index (κ3) is 3.57. The molecule has 2 aromatic rings. The van der Waals surface area contributed by atoms with Gasteiger partial charge in [0.25, 0.3) is 0 Å². The summed E-state index contributed by atoms with van der Waals surface area (Å²) < 4.78 is 31.5. The molecule has 0 radical (unpaired) electrons. The second-order valence-corrected chi connectivity index (χ2v) is 8.15. The van der Waals surface area contributed by atoms with Crippen molar-refractivity contribution in [1.82, 2.24) is 4.98 Å². The monoisotopic (exact) mass is 406 g/mol. The van der Waals surface area contributed by atoms with Crippen LogP contribution in [0.3, 0.4) is 0 Å². The number of hydrogen-bond donors (Lipinski definition) is 0. The van der Waals surface area contributed by atoms with Crippen molar-refractivity contribution in [1.29, 1.82) is 0 Å². The zero-order chi connectivity index (χ0) is 17.2. The van der Waals surface area contributed by atoms with Crippen LogP contribution in [0.5, 0.6) is 5.75 Å². The third-order valence-electron chi connectivity index (χ3n) is 3.56. The Labute approximate surface area is 149 Å². The van der Waals surface area contributed by atoms with Gasteiger partial charge < -0.3 is 4.74 Å². The van der Waals surface area contributed by atoms with E-state index in [4.69, 9.17) is 4.74 Å². The zero-order valence-electron chi connectivity index (χ0n) is 12.9. The highest BCUT2D eigenvalue weighted by atomic mass is 79.9. The summed E-state index contributed by atoms with van der Waals surface area (Å²) in [4.78, 5) is 8.56. The normalized spacial score (nSPS) is 13.8. The molecule has 3 rings (SSSR count). The van der Waals surface area contributed by atoms with Crippen molar-refractivity contribution in [3.8, 4) is 5.75 Å².